The summed E-state index contributed by atoms with van der Waals surface area (Å²) >= 11 is 0. The normalized spacial score (nSPS) is 11.0. The van der Waals surface area contributed by atoms with Gasteiger partial charge in [-0.15, -0.1) is 0 Å². The molecule has 0 atom stereocenters. The molecule has 0 unspecified atom stereocenters. The minimum Gasteiger partial charge on any atom is -0.463 e. The third-order valence-electron chi connectivity index (χ3n) is 3.64. The zero-order chi connectivity index (χ0) is 15.8. The lowest BCUT2D eigenvalue weighted by Gasteiger charge is -2.04. The van der Waals surface area contributed by atoms with E-state index in [1.807, 2.05) is 25.2 Å². The lowest BCUT2D eigenvalue weighted by Crippen LogP contribution is -2.12. The van der Waals surface area contributed by atoms with Crippen molar-refractivity contribution < 1.29 is 9.21 Å². The molecule has 7 heteroatoms. The van der Waals surface area contributed by atoms with Crippen LogP contribution in [-0.2, 0) is 7.05 Å². The Bertz CT molecular complexity index is 981. The number of fused-ring (bicyclic) bond motifs is 1. The zero-order valence-corrected chi connectivity index (χ0v) is 12.3. The van der Waals surface area contributed by atoms with Gasteiger partial charge in [0.05, 0.1) is 23.7 Å². The Kier molecular flexibility index (Phi) is 2.97. The number of H-pyrrole nitrogens is 1. The Labute approximate surface area is 130 Å². The summed E-state index contributed by atoms with van der Waals surface area (Å²) in [5.41, 5.74) is 2.58. The van der Waals surface area contributed by atoms with E-state index in [2.05, 4.69) is 20.6 Å². The van der Waals surface area contributed by atoms with Crippen LogP contribution in [0.1, 0.15) is 10.5 Å². The monoisotopic (exact) mass is 307 g/mol. The number of aryl methyl sites for hydroxylation is 1. The minimum atomic E-state index is -0.296. The standard InChI is InChI=1S/C16H13N5O2/c1-21-14-5-2-4-11(10(14)9-17-21)18-16(22)13-8-12(19-20-13)15-6-3-7-23-15/h2-9H,1H3,(H,18,22)(H,19,20). The Morgan fingerprint density at radius 2 is 2.22 bits per heavy atom. The third kappa shape index (κ3) is 2.28. The number of benzene rings is 1. The smallest absolute Gasteiger partial charge is 0.276 e. The van der Waals surface area contributed by atoms with E-state index in [0.29, 0.717) is 17.1 Å². The summed E-state index contributed by atoms with van der Waals surface area (Å²) in [6.07, 6.45) is 3.29. The molecule has 3 heterocycles. The predicted molar refractivity (Wildman–Crippen MR) is 85.0 cm³/mol. The van der Waals surface area contributed by atoms with Gasteiger partial charge in [-0.2, -0.15) is 10.2 Å². The second kappa shape index (κ2) is 5.13. The number of hydrogen-bond donors (Lipinski definition) is 2. The van der Waals surface area contributed by atoms with Crippen molar-refractivity contribution in [2.45, 2.75) is 0 Å². The molecule has 0 saturated heterocycles. The molecule has 23 heavy (non-hydrogen) atoms. The fraction of sp³-hybridized carbons (Fsp3) is 0.0625. The molecule has 0 aliphatic carbocycles. The van der Waals surface area contributed by atoms with E-state index in [1.165, 1.54) is 0 Å². The van der Waals surface area contributed by atoms with Crippen molar-refractivity contribution in [3.63, 3.8) is 0 Å². The van der Waals surface area contributed by atoms with Gasteiger partial charge < -0.3 is 9.73 Å². The first-order valence-electron chi connectivity index (χ1n) is 7.04. The van der Waals surface area contributed by atoms with Crippen LogP contribution in [0.5, 0.6) is 0 Å². The quantitative estimate of drug-likeness (QED) is 0.609. The number of hydrogen-bond acceptors (Lipinski definition) is 4. The summed E-state index contributed by atoms with van der Waals surface area (Å²) in [6.45, 7) is 0. The molecule has 0 fully saturated rings. The average Bonchev–Trinajstić information content (AvgIpc) is 3.28. The van der Waals surface area contributed by atoms with Crippen molar-refractivity contribution in [3.8, 4) is 11.5 Å². The van der Waals surface area contributed by atoms with E-state index >= 15 is 0 Å². The van der Waals surface area contributed by atoms with Crippen LogP contribution in [0.3, 0.4) is 0 Å². The first-order valence-corrected chi connectivity index (χ1v) is 7.04. The van der Waals surface area contributed by atoms with Gasteiger partial charge in [-0.05, 0) is 24.3 Å². The highest BCUT2D eigenvalue weighted by atomic mass is 16.3. The molecule has 0 spiro atoms. The molecule has 1 amide bonds. The number of carbonyl (C=O) groups is 1. The molecule has 1 aromatic carbocycles. The maximum atomic E-state index is 12.4. The Hall–Kier alpha value is -3.35. The number of amides is 1. The van der Waals surface area contributed by atoms with Gasteiger partial charge in [0.2, 0.25) is 0 Å². The first-order chi connectivity index (χ1) is 11.2. The van der Waals surface area contributed by atoms with E-state index in [4.69, 9.17) is 4.42 Å². The summed E-state index contributed by atoms with van der Waals surface area (Å²) in [6, 6.07) is 10.9. The van der Waals surface area contributed by atoms with Gasteiger partial charge in [-0.25, -0.2) is 0 Å². The van der Waals surface area contributed by atoms with Crippen LogP contribution >= 0.6 is 0 Å². The van der Waals surface area contributed by atoms with Crippen molar-refractivity contribution in [2.75, 3.05) is 5.32 Å². The lowest BCUT2D eigenvalue weighted by molar-refractivity contribution is 0.102. The number of carbonyl (C=O) groups excluding carboxylic acids is 1. The molecule has 0 aliphatic rings. The van der Waals surface area contributed by atoms with Crippen molar-refractivity contribution >= 4 is 22.5 Å². The Morgan fingerprint density at radius 1 is 1.30 bits per heavy atom. The fourth-order valence-electron chi connectivity index (χ4n) is 2.47. The fourth-order valence-corrected chi connectivity index (χ4v) is 2.47. The second-order valence-corrected chi connectivity index (χ2v) is 5.10. The number of nitrogens with one attached hydrogen (secondary N) is 2. The van der Waals surface area contributed by atoms with E-state index in [9.17, 15) is 4.79 Å². The Balaban J connectivity index is 1.62. The molecule has 2 N–H and O–H groups in total. The van der Waals surface area contributed by atoms with Gasteiger partial charge in [-0.3, -0.25) is 14.6 Å². The minimum absolute atomic E-state index is 0.289. The van der Waals surface area contributed by atoms with Gasteiger partial charge in [0.1, 0.15) is 5.69 Å². The van der Waals surface area contributed by atoms with Gasteiger partial charge in [0.15, 0.2) is 11.5 Å². The third-order valence-corrected chi connectivity index (χ3v) is 3.64. The highest BCUT2D eigenvalue weighted by Crippen LogP contribution is 2.23. The van der Waals surface area contributed by atoms with Crippen LogP contribution in [0.15, 0.2) is 53.3 Å². The topological polar surface area (TPSA) is 88.7 Å². The molecule has 0 saturated carbocycles. The van der Waals surface area contributed by atoms with Crippen molar-refractivity contribution in [1.82, 2.24) is 20.0 Å². The first kappa shape index (κ1) is 13.3. The van der Waals surface area contributed by atoms with Crippen LogP contribution < -0.4 is 5.32 Å². The molecular weight excluding hydrogens is 294 g/mol. The van der Waals surface area contributed by atoms with E-state index < -0.39 is 0 Å². The molecule has 114 valence electrons. The van der Waals surface area contributed by atoms with Crippen LogP contribution in [0.2, 0.25) is 0 Å². The highest BCUT2D eigenvalue weighted by Gasteiger charge is 2.14. The molecular formula is C16H13N5O2. The van der Waals surface area contributed by atoms with Gasteiger partial charge >= 0.3 is 0 Å². The number of aromatic nitrogens is 4. The molecule has 0 bridgehead atoms. The predicted octanol–water partition coefficient (Wildman–Crippen LogP) is 2.81. The second-order valence-electron chi connectivity index (χ2n) is 5.10. The zero-order valence-electron chi connectivity index (χ0n) is 12.3. The molecule has 7 nitrogen and oxygen atoms in total. The molecule has 4 rings (SSSR count). The lowest BCUT2D eigenvalue weighted by atomic mass is 10.2. The number of aromatic amines is 1. The molecule has 3 aromatic heterocycles. The number of furan rings is 1. The van der Waals surface area contributed by atoms with Crippen LogP contribution in [-0.4, -0.2) is 25.9 Å². The SMILES string of the molecule is Cn1ncc2c(NC(=O)c3cc(-c4ccco4)[nH]n3)cccc21. The van der Waals surface area contributed by atoms with Crippen LogP contribution in [0, 0.1) is 0 Å². The van der Waals surface area contributed by atoms with Gasteiger partial charge in [-0.1, -0.05) is 6.07 Å². The van der Waals surface area contributed by atoms with E-state index in [1.54, 1.807) is 35.3 Å². The maximum Gasteiger partial charge on any atom is 0.276 e. The number of rotatable bonds is 3. The summed E-state index contributed by atoms with van der Waals surface area (Å²) < 4.78 is 7.04. The van der Waals surface area contributed by atoms with Gasteiger partial charge in [0.25, 0.3) is 5.91 Å². The number of nitrogens with zero attached hydrogens (tertiary/aromatic N) is 3. The largest absolute Gasteiger partial charge is 0.463 e. The van der Waals surface area contributed by atoms with Crippen LogP contribution in [0.25, 0.3) is 22.4 Å². The molecule has 0 aliphatic heterocycles. The summed E-state index contributed by atoms with van der Waals surface area (Å²) in [7, 11) is 1.86. The van der Waals surface area contributed by atoms with E-state index in [0.717, 1.165) is 10.9 Å². The van der Waals surface area contributed by atoms with Crippen molar-refractivity contribution in [3.05, 3.63) is 54.6 Å². The number of anilines is 1. The summed E-state index contributed by atoms with van der Waals surface area (Å²) in [5, 5.41) is 14.8. The van der Waals surface area contributed by atoms with Crippen LogP contribution in [0.4, 0.5) is 5.69 Å². The highest BCUT2D eigenvalue weighted by molar-refractivity contribution is 6.08. The Morgan fingerprint density at radius 3 is 3.04 bits per heavy atom. The van der Waals surface area contributed by atoms with Crippen molar-refractivity contribution in [2.24, 2.45) is 7.05 Å². The van der Waals surface area contributed by atoms with E-state index in [-0.39, 0.29) is 11.6 Å². The molecule has 0 radical (unpaired) electrons. The maximum absolute atomic E-state index is 12.4. The average molecular weight is 307 g/mol. The van der Waals surface area contributed by atoms with Crippen molar-refractivity contribution in [1.29, 1.82) is 0 Å². The molecule has 4 aromatic rings. The van der Waals surface area contributed by atoms with Gasteiger partial charge in [0, 0.05) is 18.5 Å². The summed E-state index contributed by atoms with van der Waals surface area (Å²) in [5.74, 6) is 0.335. The summed E-state index contributed by atoms with van der Waals surface area (Å²) in [4.78, 5) is 12.4.